The van der Waals surface area contributed by atoms with Crippen molar-refractivity contribution in [2.75, 3.05) is 0 Å². The van der Waals surface area contributed by atoms with Crippen LogP contribution in [0.1, 0.15) is 19.4 Å². The zero-order valence-corrected chi connectivity index (χ0v) is 10.5. The van der Waals surface area contributed by atoms with E-state index in [4.69, 9.17) is 0 Å². The topological polar surface area (TPSA) is 42.0 Å². The van der Waals surface area contributed by atoms with Crippen LogP contribution in [0.3, 0.4) is 0 Å². The predicted molar refractivity (Wildman–Crippen MR) is 63.6 cm³/mol. The molecule has 0 aliphatic heterocycles. The number of hydrogen-bond donors (Lipinski definition) is 1. The molecule has 1 rings (SSSR count). The van der Waals surface area contributed by atoms with E-state index in [-0.39, 0.29) is 10.7 Å². The molecule has 4 heteroatoms. The van der Waals surface area contributed by atoms with Gasteiger partial charge < -0.3 is 5.32 Å². The Balaban J connectivity index is 2.41. The average Bonchev–Trinajstić information content (AvgIpc) is 2.26. The van der Waals surface area contributed by atoms with Crippen molar-refractivity contribution in [1.29, 1.82) is 0 Å². The zero-order chi connectivity index (χ0) is 11.3. The maximum atomic E-state index is 11.6. The molecule has 1 atom stereocenters. The number of rotatable bonds is 4. The van der Waals surface area contributed by atoms with Gasteiger partial charge in [0.05, 0.1) is 4.83 Å². The molecule has 0 saturated heterocycles. The van der Waals surface area contributed by atoms with Crippen molar-refractivity contribution in [3.63, 3.8) is 0 Å². The number of alkyl halides is 1. The number of aromatic nitrogens is 1. The summed E-state index contributed by atoms with van der Waals surface area (Å²) in [6, 6.07) is 3.79. The van der Waals surface area contributed by atoms with Crippen LogP contribution in [-0.2, 0) is 11.3 Å². The molecule has 1 N–H and O–H groups in total. The van der Waals surface area contributed by atoms with Crippen molar-refractivity contribution in [3.05, 3.63) is 30.1 Å². The van der Waals surface area contributed by atoms with Crippen LogP contribution in [0.25, 0.3) is 0 Å². The minimum absolute atomic E-state index is 0.0221. The summed E-state index contributed by atoms with van der Waals surface area (Å²) in [6.07, 6.45) is 3.46. The van der Waals surface area contributed by atoms with Gasteiger partial charge >= 0.3 is 0 Å². The molecule has 0 spiro atoms. The van der Waals surface area contributed by atoms with Gasteiger partial charge in [-0.3, -0.25) is 9.78 Å². The van der Waals surface area contributed by atoms with E-state index >= 15 is 0 Å². The largest absolute Gasteiger partial charge is 0.351 e. The van der Waals surface area contributed by atoms with Crippen molar-refractivity contribution >= 4 is 21.8 Å². The molecule has 0 aromatic carbocycles. The first-order chi connectivity index (χ1) is 7.11. The Labute approximate surface area is 98.4 Å². The third-order valence-electron chi connectivity index (χ3n) is 2.03. The van der Waals surface area contributed by atoms with Gasteiger partial charge in [0.2, 0.25) is 5.91 Å². The highest BCUT2D eigenvalue weighted by Gasteiger charge is 2.17. The lowest BCUT2D eigenvalue weighted by atomic mass is 10.1. The number of hydrogen-bond acceptors (Lipinski definition) is 2. The fourth-order valence-electron chi connectivity index (χ4n) is 1.09. The number of nitrogens with zero attached hydrogens (tertiary/aromatic N) is 1. The third-order valence-corrected chi connectivity index (χ3v) is 3.50. The van der Waals surface area contributed by atoms with E-state index in [0.29, 0.717) is 12.5 Å². The number of carbonyl (C=O) groups is 1. The van der Waals surface area contributed by atoms with Gasteiger partial charge in [0.1, 0.15) is 0 Å². The van der Waals surface area contributed by atoms with Gasteiger partial charge in [-0.05, 0) is 17.5 Å². The van der Waals surface area contributed by atoms with Crippen molar-refractivity contribution < 1.29 is 4.79 Å². The Morgan fingerprint density at radius 1 is 1.60 bits per heavy atom. The quantitative estimate of drug-likeness (QED) is 0.852. The average molecular weight is 271 g/mol. The highest BCUT2D eigenvalue weighted by atomic mass is 79.9. The van der Waals surface area contributed by atoms with Crippen LogP contribution in [0.5, 0.6) is 0 Å². The van der Waals surface area contributed by atoms with E-state index in [2.05, 4.69) is 26.2 Å². The Morgan fingerprint density at radius 2 is 2.33 bits per heavy atom. The van der Waals surface area contributed by atoms with Crippen molar-refractivity contribution in [2.24, 2.45) is 5.92 Å². The van der Waals surface area contributed by atoms with Crippen LogP contribution in [0.2, 0.25) is 0 Å². The second-order valence-corrected chi connectivity index (χ2v) is 4.71. The SMILES string of the molecule is CC(C)[C@@H](Br)C(=O)NCc1cccnc1. The van der Waals surface area contributed by atoms with Gasteiger partial charge in [0.25, 0.3) is 0 Å². The smallest absolute Gasteiger partial charge is 0.234 e. The monoisotopic (exact) mass is 270 g/mol. The van der Waals surface area contributed by atoms with Crippen molar-refractivity contribution in [1.82, 2.24) is 10.3 Å². The molecule has 0 aliphatic carbocycles. The number of nitrogens with one attached hydrogen (secondary N) is 1. The number of amides is 1. The fraction of sp³-hybridized carbons (Fsp3) is 0.455. The molecule has 15 heavy (non-hydrogen) atoms. The molecular formula is C11H15BrN2O. The lowest BCUT2D eigenvalue weighted by molar-refractivity contribution is -0.121. The van der Waals surface area contributed by atoms with Crippen LogP contribution in [0, 0.1) is 5.92 Å². The summed E-state index contributed by atoms with van der Waals surface area (Å²) in [5.74, 6) is 0.313. The van der Waals surface area contributed by atoms with Gasteiger partial charge in [-0.2, -0.15) is 0 Å². The summed E-state index contributed by atoms with van der Waals surface area (Å²) >= 11 is 3.35. The van der Waals surface area contributed by atoms with E-state index in [9.17, 15) is 4.79 Å². The minimum atomic E-state index is -0.130. The second kappa shape index (κ2) is 5.85. The maximum absolute atomic E-state index is 11.6. The van der Waals surface area contributed by atoms with E-state index < -0.39 is 0 Å². The van der Waals surface area contributed by atoms with E-state index in [1.807, 2.05) is 26.0 Å². The van der Waals surface area contributed by atoms with E-state index in [0.717, 1.165) is 5.56 Å². The first-order valence-electron chi connectivity index (χ1n) is 4.92. The Morgan fingerprint density at radius 3 is 2.87 bits per heavy atom. The van der Waals surface area contributed by atoms with Gasteiger partial charge in [-0.1, -0.05) is 35.8 Å². The molecule has 0 radical (unpaired) electrons. The molecule has 0 saturated carbocycles. The first-order valence-corrected chi connectivity index (χ1v) is 5.83. The summed E-state index contributed by atoms with van der Waals surface area (Å²) in [5, 5.41) is 2.85. The molecule has 0 aliphatic rings. The summed E-state index contributed by atoms with van der Waals surface area (Å²) in [4.78, 5) is 15.4. The van der Waals surface area contributed by atoms with Crippen LogP contribution >= 0.6 is 15.9 Å². The maximum Gasteiger partial charge on any atom is 0.234 e. The molecule has 0 unspecified atom stereocenters. The first kappa shape index (κ1) is 12.2. The lowest BCUT2D eigenvalue weighted by Crippen LogP contribution is -2.33. The van der Waals surface area contributed by atoms with Gasteiger partial charge in [0, 0.05) is 18.9 Å². The van der Waals surface area contributed by atoms with Gasteiger partial charge in [-0.25, -0.2) is 0 Å². The third kappa shape index (κ3) is 4.00. The van der Waals surface area contributed by atoms with E-state index in [1.165, 1.54) is 0 Å². The van der Waals surface area contributed by atoms with Crippen molar-refractivity contribution in [2.45, 2.75) is 25.2 Å². The summed E-state index contributed by atoms with van der Waals surface area (Å²) in [5.41, 5.74) is 1.01. The normalized spacial score (nSPS) is 12.5. The molecule has 0 bridgehead atoms. The molecular weight excluding hydrogens is 256 g/mol. The van der Waals surface area contributed by atoms with Gasteiger partial charge in [0.15, 0.2) is 0 Å². The Hall–Kier alpha value is -0.900. The zero-order valence-electron chi connectivity index (χ0n) is 8.90. The number of pyridine rings is 1. The Bertz CT molecular complexity index is 314. The number of carbonyl (C=O) groups excluding carboxylic acids is 1. The predicted octanol–water partition coefficient (Wildman–Crippen LogP) is 2.12. The Kier molecular flexibility index (Phi) is 4.75. The standard InChI is InChI=1S/C11H15BrN2O/c1-8(2)10(12)11(15)14-7-9-4-3-5-13-6-9/h3-6,8,10H,7H2,1-2H3,(H,14,15)/t10-/m1/s1. The van der Waals surface area contributed by atoms with E-state index in [1.54, 1.807) is 12.4 Å². The molecule has 1 amide bonds. The molecule has 82 valence electrons. The van der Waals surface area contributed by atoms with Crippen LogP contribution in [-0.4, -0.2) is 15.7 Å². The second-order valence-electron chi connectivity index (χ2n) is 3.72. The number of halogens is 1. The fourth-order valence-corrected chi connectivity index (χ4v) is 1.25. The molecule has 1 heterocycles. The lowest BCUT2D eigenvalue weighted by Gasteiger charge is -2.13. The van der Waals surface area contributed by atoms with Crippen molar-refractivity contribution in [3.8, 4) is 0 Å². The summed E-state index contributed by atoms with van der Waals surface area (Å²) in [6.45, 7) is 4.54. The summed E-state index contributed by atoms with van der Waals surface area (Å²) < 4.78 is 0. The molecule has 3 nitrogen and oxygen atoms in total. The highest BCUT2D eigenvalue weighted by Crippen LogP contribution is 2.11. The summed E-state index contributed by atoms with van der Waals surface area (Å²) in [7, 11) is 0. The highest BCUT2D eigenvalue weighted by molar-refractivity contribution is 9.10. The minimum Gasteiger partial charge on any atom is -0.351 e. The van der Waals surface area contributed by atoms with Crippen LogP contribution in [0.15, 0.2) is 24.5 Å². The molecule has 1 aromatic heterocycles. The van der Waals surface area contributed by atoms with Gasteiger partial charge in [-0.15, -0.1) is 0 Å². The molecule has 1 aromatic rings. The van der Waals surface area contributed by atoms with Crippen LogP contribution in [0.4, 0.5) is 0 Å². The molecule has 0 fully saturated rings. The van der Waals surface area contributed by atoms with Crippen LogP contribution < -0.4 is 5.32 Å².